The van der Waals surface area contributed by atoms with Crippen LogP contribution in [0.15, 0.2) is 51.4 Å². The Labute approximate surface area is 162 Å². The summed E-state index contributed by atoms with van der Waals surface area (Å²) in [5, 5.41) is 11.4. The molecule has 0 aliphatic rings. The molecule has 0 aliphatic heterocycles. The number of halogens is 2. The molecular weight excluding hydrogens is 452 g/mol. The summed E-state index contributed by atoms with van der Waals surface area (Å²) < 4.78 is 12.2. The fraction of sp³-hybridized carbons (Fsp3) is 0.111. The number of carbonyl (C=O) groups excluding carboxylic acids is 1. The van der Waals surface area contributed by atoms with E-state index in [2.05, 4.69) is 37.2 Å². The normalized spacial score (nSPS) is 10.3. The first-order chi connectivity index (χ1) is 12.0. The highest BCUT2D eigenvalue weighted by molar-refractivity contribution is 9.11. The van der Waals surface area contributed by atoms with Gasteiger partial charge < -0.3 is 14.8 Å². The first-order valence-corrected chi connectivity index (χ1v) is 8.74. The van der Waals surface area contributed by atoms with Gasteiger partial charge in [0.15, 0.2) is 18.1 Å². The molecule has 2 aromatic carbocycles. The molecule has 2 aromatic rings. The van der Waals surface area contributed by atoms with E-state index in [1.807, 2.05) is 18.2 Å². The van der Waals surface area contributed by atoms with Gasteiger partial charge in [0, 0.05) is 15.0 Å². The van der Waals surface area contributed by atoms with Crippen molar-refractivity contribution in [1.82, 2.24) is 0 Å². The maximum atomic E-state index is 12.1. The van der Waals surface area contributed by atoms with Crippen molar-refractivity contribution in [2.75, 3.05) is 19.0 Å². The van der Waals surface area contributed by atoms with Gasteiger partial charge >= 0.3 is 0 Å². The van der Waals surface area contributed by atoms with Gasteiger partial charge in [-0.25, -0.2) is 0 Å². The zero-order valence-corrected chi connectivity index (χ0v) is 16.4. The molecule has 0 fully saturated rings. The molecule has 1 N–H and O–H groups in total. The number of carbonyl (C=O) groups is 1. The van der Waals surface area contributed by atoms with Crippen LogP contribution in [0.1, 0.15) is 5.56 Å². The average Bonchev–Trinajstić information content (AvgIpc) is 2.61. The molecule has 7 heteroatoms. The topological polar surface area (TPSA) is 71.3 Å². The van der Waals surface area contributed by atoms with E-state index >= 15 is 0 Å². The number of hydrogen-bond donors (Lipinski definition) is 1. The molecule has 2 rings (SSSR count). The predicted molar refractivity (Wildman–Crippen MR) is 104 cm³/mol. The molecular formula is C18H14Br2N2O3. The lowest BCUT2D eigenvalue weighted by atomic mass is 10.2. The lowest BCUT2D eigenvalue weighted by molar-refractivity contribution is -0.111. The van der Waals surface area contributed by atoms with Gasteiger partial charge in [-0.15, -0.1) is 0 Å². The maximum absolute atomic E-state index is 12.1. The molecule has 0 aromatic heterocycles. The number of anilines is 1. The summed E-state index contributed by atoms with van der Waals surface area (Å²) in [5.41, 5.74) is 1.44. The molecule has 0 bridgehead atoms. The Balaban J connectivity index is 2.09. The zero-order valence-electron chi connectivity index (χ0n) is 13.3. The number of amides is 1. The Morgan fingerprint density at radius 1 is 1.24 bits per heavy atom. The number of nitriles is 1. The molecule has 0 saturated heterocycles. The van der Waals surface area contributed by atoms with Crippen LogP contribution in [-0.4, -0.2) is 19.6 Å². The number of nitrogens with one attached hydrogen (secondary N) is 1. The number of ether oxygens (including phenoxy) is 2. The second-order valence-electron chi connectivity index (χ2n) is 4.80. The van der Waals surface area contributed by atoms with Gasteiger partial charge in [-0.1, -0.05) is 22.0 Å². The minimum absolute atomic E-state index is 0.0601. The first-order valence-electron chi connectivity index (χ1n) is 7.15. The number of benzene rings is 2. The predicted octanol–water partition coefficient (Wildman–Crippen LogP) is 4.77. The van der Waals surface area contributed by atoms with Gasteiger partial charge in [0.05, 0.1) is 12.8 Å². The first kappa shape index (κ1) is 19.0. The van der Waals surface area contributed by atoms with Crippen LogP contribution in [0.4, 0.5) is 5.69 Å². The minimum Gasteiger partial charge on any atom is -0.493 e. The van der Waals surface area contributed by atoms with Gasteiger partial charge in [0.25, 0.3) is 0 Å². The Kier molecular flexibility index (Phi) is 7.04. The number of nitrogens with zero attached hydrogens (tertiary/aromatic N) is 1. The van der Waals surface area contributed by atoms with E-state index in [9.17, 15) is 4.79 Å². The smallest absolute Gasteiger partial charge is 0.248 e. The summed E-state index contributed by atoms with van der Waals surface area (Å²) in [7, 11) is 1.51. The van der Waals surface area contributed by atoms with E-state index in [-0.39, 0.29) is 12.5 Å². The van der Waals surface area contributed by atoms with E-state index < -0.39 is 0 Å². The highest BCUT2D eigenvalue weighted by Crippen LogP contribution is 2.29. The van der Waals surface area contributed by atoms with Crippen molar-refractivity contribution in [3.05, 3.63) is 57.0 Å². The summed E-state index contributed by atoms with van der Waals surface area (Å²) in [4.78, 5) is 12.1. The standard InChI is InChI=1S/C18H14Br2N2O3/c1-24-17-10-12(2-6-16(17)25-9-8-21)3-7-18(23)22-15-11-13(19)4-5-14(15)20/h2-7,10-11H,9H2,1H3,(H,22,23)/b7-3+. The molecule has 0 heterocycles. The molecule has 1 amide bonds. The molecule has 0 radical (unpaired) electrons. The quantitative estimate of drug-likeness (QED) is 0.623. The Morgan fingerprint density at radius 3 is 2.76 bits per heavy atom. The molecule has 25 heavy (non-hydrogen) atoms. The second-order valence-corrected chi connectivity index (χ2v) is 6.57. The van der Waals surface area contributed by atoms with Gasteiger partial charge in [0.2, 0.25) is 5.91 Å². The van der Waals surface area contributed by atoms with E-state index in [0.717, 1.165) is 14.5 Å². The summed E-state index contributed by atoms with van der Waals surface area (Å²) in [6.45, 7) is -0.0601. The summed E-state index contributed by atoms with van der Waals surface area (Å²) in [6, 6.07) is 12.6. The van der Waals surface area contributed by atoms with Crippen LogP contribution in [0, 0.1) is 11.3 Å². The van der Waals surface area contributed by atoms with Gasteiger partial charge in [-0.2, -0.15) is 5.26 Å². The van der Waals surface area contributed by atoms with Crippen LogP contribution < -0.4 is 14.8 Å². The van der Waals surface area contributed by atoms with E-state index in [1.165, 1.54) is 13.2 Å². The molecule has 5 nitrogen and oxygen atoms in total. The lowest BCUT2D eigenvalue weighted by Crippen LogP contribution is -2.08. The average molecular weight is 466 g/mol. The third-order valence-electron chi connectivity index (χ3n) is 3.09. The monoisotopic (exact) mass is 464 g/mol. The SMILES string of the molecule is COc1cc(/C=C/C(=O)Nc2cc(Br)ccc2Br)ccc1OCC#N. The van der Waals surface area contributed by atoms with Gasteiger partial charge in [-0.05, 0) is 57.9 Å². The highest BCUT2D eigenvalue weighted by atomic mass is 79.9. The summed E-state index contributed by atoms with van der Waals surface area (Å²) in [5.74, 6) is 0.707. The third-order valence-corrected chi connectivity index (χ3v) is 4.28. The molecule has 0 unspecified atom stereocenters. The van der Waals surface area contributed by atoms with E-state index in [0.29, 0.717) is 17.2 Å². The van der Waals surface area contributed by atoms with Crippen LogP contribution in [0.25, 0.3) is 6.08 Å². The van der Waals surface area contributed by atoms with Crippen LogP contribution in [0.2, 0.25) is 0 Å². The third kappa shape index (κ3) is 5.62. The van der Waals surface area contributed by atoms with Crippen molar-refractivity contribution in [1.29, 1.82) is 5.26 Å². The van der Waals surface area contributed by atoms with Crippen molar-refractivity contribution in [2.24, 2.45) is 0 Å². The summed E-state index contributed by atoms with van der Waals surface area (Å²) in [6.07, 6.45) is 3.09. The van der Waals surface area contributed by atoms with Crippen molar-refractivity contribution in [3.63, 3.8) is 0 Å². The zero-order chi connectivity index (χ0) is 18.2. The van der Waals surface area contributed by atoms with Crippen molar-refractivity contribution in [3.8, 4) is 17.6 Å². The van der Waals surface area contributed by atoms with Crippen molar-refractivity contribution < 1.29 is 14.3 Å². The highest BCUT2D eigenvalue weighted by Gasteiger charge is 2.06. The van der Waals surface area contributed by atoms with Crippen molar-refractivity contribution in [2.45, 2.75) is 0 Å². The number of hydrogen-bond acceptors (Lipinski definition) is 4. The van der Waals surface area contributed by atoms with Gasteiger partial charge in [0.1, 0.15) is 6.07 Å². The number of methoxy groups -OCH3 is 1. The fourth-order valence-electron chi connectivity index (χ4n) is 1.96. The number of rotatable bonds is 6. The molecule has 0 atom stereocenters. The van der Waals surface area contributed by atoms with E-state index in [1.54, 1.807) is 30.3 Å². The van der Waals surface area contributed by atoms with Crippen LogP contribution in [-0.2, 0) is 4.79 Å². The summed E-state index contributed by atoms with van der Waals surface area (Å²) >= 11 is 6.76. The fourth-order valence-corrected chi connectivity index (χ4v) is 2.66. The molecule has 0 saturated carbocycles. The largest absolute Gasteiger partial charge is 0.493 e. The Morgan fingerprint density at radius 2 is 2.04 bits per heavy atom. The Hall–Kier alpha value is -2.30. The van der Waals surface area contributed by atoms with E-state index in [4.69, 9.17) is 14.7 Å². The maximum Gasteiger partial charge on any atom is 0.248 e. The lowest BCUT2D eigenvalue weighted by Gasteiger charge is -2.09. The van der Waals surface area contributed by atoms with Crippen molar-refractivity contribution >= 4 is 49.5 Å². The minimum atomic E-state index is -0.262. The van der Waals surface area contributed by atoms with Gasteiger partial charge in [-0.3, -0.25) is 4.79 Å². The second kappa shape index (κ2) is 9.25. The molecule has 0 aliphatic carbocycles. The molecule has 0 spiro atoms. The van der Waals surface area contributed by atoms with Crippen LogP contribution >= 0.6 is 31.9 Å². The molecule has 128 valence electrons. The van der Waals surface area contributed by atoms with Crippen LogP contribution in [0.3, 0.4) is 0 Å². The Bertz CT molecular complexity index is 845. The van der Waals surface area contributed by atoms with Crippen LogP contribution in [0.5, 0.6) is 11.5 Å².